The van der Waals surface area contributed by atoms with Crippen molar-refractivity contribution >= 4 is 38.9 Å². The molecule has 0 fully saturated rings. The molecule has 26 heavy (non-hydrogen) atoms. The summed E-state index contributed by atoms with van der Waals surface area (Å²) in [5, 5.41) is 12.3. The van der Waals surface area contributed by atoms with Crippen LogP contribution in [0.4, 0.5) is 5.69 Å². The number of anilines is 1. The number of hydrogen-bond donors (Lipinski definition) is 3. The molecule has 0 aliphatic heterocycles. The van der Waals surface area contributed by atoms with Gasteiger partial charge in [-0.15, -0.1) is 11.3 Å². The number of benzene rings is 1. The molecule has 0 aliphatic carbocycles. The molecule has 0 saturated heterocycles. The Morgan fingerprint density at radius 2 is 1.96 bits per heavy atom. The summed E-state index contributed by atoms with van der Waals surface area (Å²) in [6, 6.07) is 5.72. The largest absolute Gasteiger partial charge is 0.477 e. The maximum absolute atomic E-state index is 12.6. The molecule has 2 aromatic rings. The van der Waals surface area contributed by atoms with Crippen LogP contribution in [0.15, 0.2) is 24.3 Å². The standard InChI is InChI=1S/C16H19N3O5S2/c1-4-26(23,24)19-12-8-6-5-7-11(12)14(20)17-10(3)15-18-9(2)13(25-15)16(21)22/h5-8,10,19H,4H2,1-3H3,(H,17,20)(H,21,22). The minimum atomic E-state index is -3.53. The van der Waals surface area contributed by atoms with E-state index in [1.165, 1.54) is 19.1 Å². The number of aromatic nitrogens is 1. The number of aryl methyl sites for hydroxylation is 1. The van der Waals surface area contributed by atoms with E-state index in [0.29, 0.717) is 10.7 Å². The Hall–Kier alpha value is -2.46. The zero-order valence-corrected chi connectivity index (χ0v) is 16.1. The SMILES string of the molecule is CCS(=O)(=O)Nc1ccccc1C(=O)NC(C)c1nc(C)c(C(=O)O)s1. The monoisotopic (exact) mass is 397 g/mol. The van der Waals surface area contributed by atoms with Gasteiger partial charge in [0.15, 0.2) is 0 Å². The molecule has 0 spiro atoms. The highest BCUT2D eigenvalue weighted by atomic mass is 32.2. The van der Waals surface area contributed by atoms with Crippen molar-refractivity contribution in [3.8, 4) is 0 Å². The van der Waals surface area contributed by atoms with E-state index in [-0.39, 0.29) is 21.9 Å². The van der Waals surface area contributed by atoms with Gasteiger partial charge in [-0.05, 0) is 32.9 Å². The van der Waals surface area contributed by atoms with Crippen molar-refractivity contribution in [1.29, 1.82) is 0 Å². The summed E-state index contributed by atoms with van der Waals surface area (Å²) in [5.41, 5.74) is 0.735. The van der Waals surface area contributed by atoms with E-state index in [1.54, 1.807) is 26.0 Å². The maximum Gasteiger partial charge on any atom is 0.347 e. The summed E-state index contributed by atoms with van der Waals surface area (Å²) >= 11 is 0.994. The zero-order valence-electron chi connectivity index (χ0n) is 14.4. The number of rotatable bonds is 7. The van der Waals surface area contributed by atoms with Gasteiger partial charge in [-0.2, -0.15) is 0 Å². The van der Waals surface area contributed by atoms with E-state index in [1.807, 2.05) is 0 Å². The van der Waals surface area contributed by atoms with E-state index in [9.17, 15) is 18.0 Å². The third-order valence-corrected chi connectivity index (χ3v) is 6.16. The van der Waals surface area contributed by atoms with Crippen LogP contribution in [-0.4, -0.2) is 36.1 Å². The lowest BCUT2D eigenvalue weighted by atomic mass is 10.1. The molecule has 10 heteroatoms. The molecule has 1 amide bonds. The first-order valence-corrected chi connectivity index (χ1v) is 10.2. The number of carbonyl (C=O) groups excluding carboxylic acids is 1. The van der Waals surface area contributed by atoms with Crippen molar-refractivity contribution in [2.45, 2.75) is 26.8 Å². The van der Waals surface area contributed by atoms with Crippen LogP contribution in [0, 0.1) is 6.92 Å². The number of carboxylic acid groups (broad SMARTS) is 1. The predicted molar refractivity (Wildman–Crippen MR) is 99.2 cm³/mol. The first kappa shape index (κ1) is 19.9. The number of hydrogen-bond acceptors (Lipinski definition) is 6. The molecule has 1 aromatic heterocycles. The smallest absolute Gasteiger partial charge is 0.347 e. The summed E-state index contributed by atoms with van der Waals surface area (Å²) in [5.74, 6) is -1.67. The molecular formula is C16H19N3O5S2. The van der Waals surface area contributed by atoms with Gasteiger partial charge in [0, 0.05) is 0 Å². The highest BCUT2D eigenvalue weighted by Crippen LogP contribution is 2.24. The molecule has 1 heterocycles. The Labute approximate surface area is 155 Å². The fourth-order valence-corrected chi connectivity index (χ4v) is 3.71. The summed E-state index contributed by atoms with van der Waals surface area (Å²) in [6.45, 7) is 4.77. The molecule has 0 saturated carbocycles. The Morgan fingerprint density at radius 1 is 1.31 bits per heavy atom. The van der Waals surface area contributed by atoms with Crippen LogP contribution in [0.3, 0.4) is 0 Å². The highest BCUT2D eigenvalue weighted by molar-refractivity contribution is 7.92. The second-order valence-electron chi connectivity index (χ2n) is 5.52. The number of para-hydroxylation sites is 1. The molecule has 1 atom stereocenters. The normalized spacial score (nSPS) is 12.4. The molecule has 2 rings (SSSR count). The molecule has 0 aliphatic rings. The van der Waals surface area contributed by atoms with Crippen LogP contribution in [-0.2, 0) is 10.0 Å². The average molecular weight is 397 g/mol. The fourth-order valence-electron chi connectivity index (χ4n) is 2.15. The summed E-state index contributed by atoms with van der Waals surface area (Å²) in [4.78, 5) is 28.0. The number of carboxylic acids is 1. The number of nitrogens with one attached hydrogen (secondary N) is 2. The lowest BCUT2D eigenvalue weighted by molar-refractivity contribution is 0.0700. The van der Waals surface area contributed by atoms with Crippen LogP contribution >= 0.6 is 11.3 Å². The third kappa shape index (κ3) is 4.58. The van der Waals surface area contributed by atoms with Crippen molar-refractivity contribution in [2.24, 2.45) is 0 Å². The molecular weight excluding hydrogens is 378 g/mol. The van der Waals surface area contributed by atoms with Gasteiger partial charge in [0.2, 0.25) is 10.0 Å². The van der Waals surface area contributed by atoms with Gasteiger partial charge in [-0.3, -0.25) is 9.52 Å². The summed E-state index contributed by atoms with van der Waals surface area (Å²) < 4.78 is 25.9. The Kier molecular flexibility index (Phi) is 5.98. The van der Waals surface area contributed by atoms with Crippen LogP contribution < -0.4 is 10.0 Å². The summed E-state index contributed by atoms with van der Waals surface area (Å²) in [7, 11) is -3.53. The number of carbonyl (C=O) groups is 2. The molecule has 1 unspecified atom stereocenters. The maximum atomic E-state index is 12.6. The first-order chi connectivity index (χ1) is 12.1. The van der Waals surface area contributed by atoms with Gasteiger partial charge in [0.1, 0.15) is 9.88 Å². The predicted octanol–water partition coefficient (Wildman–Crippen LogP) is 2.40. The van der Waals surface area contributed by atoms with Gasteiger partial charge in [-0.1, -0.05) is 12.1 Å². The average Bonchev–Trinajstić information content (AvgIpc) is 2.97. The Morgan fingerprint density at radius 3 is 2.54 bits per heavy atom. The fraction of sp³-hybridized carbons (Fsp3) is 0.312. The Balaban J connectivity index is 2.22. The minimum Gasteiger partial charge on any atom is -0.477 e. The van der Waals surface area contributed by atoms with E-state index < -0.39 is 27.9 Å². The molecule has 0 radical (unpaired) electrons. The van der Waals surface area contributed by atoms with Crippen molar-refractivity contribution in [1.82, 2.24) is 10.3 Å². The van der Waals surface area contributed by atoms with Crippen molar-refractivity contribution < 1.29 is 23.1 Å². The van der Waals surface area contributed by atoms with Gasteiger partial charge in [0.25, 0.3) is 5.91 Å². The van der Waals surface area contributed by atoms with Crippen molar-refractivity contribution in [2.75, 3.05) is 10.5 Å². The molecule has 0 bridgehead atoms. The van der Waals surface area contributed by atoms with Gasteiger partial charge in [0.05, 0.1) is 28.7 Å². The number of aromatic carboxylic acids is 1. The van der Waals surface area contributed by atoms with E-state index in [2.05, 4.69) is 15.0 Å². The zero-order chi connectivity index (χ0) is 19.5. The summed E-state index contributed by atoms with van der Waals surface area (Å²) in [6.07, 6.45) is 0. The minimum absolute atomic E-state index is 0.115. The topological polar surface area (TPSA) is 125 Å². The van der Waals surface area contributed by atoms with Crippen LogP contribution in [0.1, 0.15) is 50.6 Å². The second-order valence-corrected chi connectivity index (χ2v) is 8.56. The van der Waals surface area contributed by atoms with Crippen LogP contribution in [0.2, 0.25) is 0 Å². The van der Waals surface area contributed by atoms with Gasteiger partial charge < -0.3 is 10.4 Å². The first-order valence-electron chi connectivity index (χ1n) is 7.75. The number of nitrogens with zero attached hydrogens (tertiary/aromatic N) is 1. The van der Waals surface area contributed by atoms with Gasteiger partial charge in [-0.25, -0.2) is 18.2 Å². The highest BCUT2D eigenvalue weighted by Gasteiger charge is 2.21. The molecule has 3 N–H and O–H groups in total. The van der Waals surface area contributed by atoms with Crippen LogP contribution in [0.5, 0.6) is 0 Å². The lowest BCUT2D eigenvalue weighted by Crippen LogP contribution is -2.28. The Bertz CT molecular complexity index is 937. The number of sulfonamides is 1. The molecule has 1 aromatic carbocycles. The third-order valence-electron chi connectivity index (χ3n) is 3.54. The van der Waals surface area contributed by atoms with Crippen molar-refractivity contribution in [3.05, 3.63) is 45.4 Å². The van der Waals surface area contributed by atoms with E-state index in [4.69, 9.17) is 5.11 Å². The molecule has 8 nitrogen and oxygen atoms in total. The van der Waals surface area contributed by atoms with Crippen molar-refractivity contribution in [3.63, 3.8) is 0 Å². The molecule has 140 valence electrons. The number of thiazole rings is 1. The van der Waals surface area contributed by atoms with Crippen LogP contribution in [0.25, 0.3) is 0 Å². The van der Waals surface area contributed by atoms with E-state index in [0.717, 1.165) is 11.3 Å². The quantitative estimate of drug-likeness (QED) is 0.659. The van der Waals surface area contributed by atoms with E-state index >= 15 is 0 Å². The van der Waals surface area contributed by atoms with Gasteiger partial charge >= 0.3 is 5.97 Å². The second kappa shape index (κ2) is 7.83. The number of amides is 1. The lowest BCUT2D eigenvalue weighted by Gasteiger charge is -2.14.